The molecule has 2 aromatic rings. The molecule has 32 heavy (non-hydrogen) atoms. The highest BCUT2D eigenvalue weighted by molar-refractivity contribution is 7.80. The Hall–Kier alpha value is -3.64. The van der Waals surface area contributed by atoms with Crippen LogP contribution in [0.2, 0.25) is 0 Å². The van der Waals surface area contributed by atoms with E-state index in [1.807, 2.05) is 4.90 Å². The minimum atomic E-state index is -0.674. The number of thiocarbonyl (C=S) groups is 1. The molecule has 1 heterocycles. The number of carbonyl (C=O) groups is 1. The van der Waals surface area contributed by atoms with E-state index in [9.17, 15) is 25.0 Å². The molecule has 1 aliphatic rings. The highest BCUT2D eigenvalue weighted by atomic mass is 32.1. The number of aryl methyl sites for hydroxylation is 1. The lowest BCUT2D eigenvalue weighted by Crippen LogP contribution is -2.37. The average Bonchev–Trinajstić information content (AvgIpc) is 2.76. The van der Waals surface area contributed by atoms with Crippen molar-refractivity contribution in [3.05, 3.63) is 67.3 Å². The molecule has 0 aromatic heterocycles. The predicted molar refractivity (Wildman–Crippen MR) is 122 cm³/mol. The number of morpholine rings is 1. The van der Waals surface area contributed by atoms with Crippen LogP contribution in [-0.2, 0) is 4.74 Å². The summed E-state index contributed by atoms with van der Waals surface area (Å²) in [6.07, 6.45) is 0. The molecule has 11 nitrogen and oxygen atoms in total. The summed E-state index contributed by atoms with van der Waals surface area (Å²) in [4.78, 5) is 36.3. The third-order valence-corrected chi connectivity index (χ3v) is 5.37. The van der Waals surface area contributed by atoms with Crippen molar-refractivity contribution < 1.29 is 19.4 Å². The molecule has 1 aliphatic heterocycles. The highest BCUT2D eigenvalue weighted by Crippen LogP contribution is 2.31. The van der Waals surface area contributed by atoms with E-state index in [1.54, 1.807) is 19.9 Å². The second-order valence-corrected chi connectivity index (χ2v) is 7.54. The number of amides is 1. The second kappa shape index (κ2) is 9.66. The van der Waals surface area contributed by atoms with Crippen molar-refractivity contribution in [2.45, 2.75) is 13.8 Å². The number of hydrogen-bond acceptors (Lipinski definition) is 8. The monoisotopic (exact) mass is 459 g/mol. The van der Waals surface area contributed by atoms with Crippen LogP contribution < -0.4 is 15.5 Å². The lowest BCUT2D eigenvalue weighted by atomic mass is 10.1. The maximum absolute atomic E-state index is 12.6. The molecule has 3 rings (SSSR count). The first-order valence-corrected chi connectivity index (χ1v) is 10.1. The minimum Gasteiger partial charge on any atom is -0.378 e. The maximum Gasteiger partial charge on any atom is 0.293 e. The van der Waals surface area contributed by atoms with Crippen LogP contribution in [0, 0.1) is 34.1 Å². The molecule has 1 fully saturated rings. The van der Waals surface area contributed by atoms with E-state index in [0.29, 0.717) is 37.6 Å². The summed E-state index contributed by atoms with van der Waals surface area (Å²) >= 11 is 5.15. The van der Waals surface area contributed by atoms with E-state index in [2.05, 4.69) is 10.6 Å². The van der Waals surface area contributed by atoms with E-state index in [0.717, 1.165) is 5.56 Å². The Morgan fingerprint density at radius 3 is 2.34 bits per heavy atom. The molecule has 168 valence electrons. The van der Waals surface area contributed by atoms with Gasteiger partial charge in [-0.15, -0.1) is 0 Å². The van der Waals surface area contributed by atoms with Gasteiger partial charge < -0.3 is 15.0 Å². The Morgan fingerprint density at radius 2 is 1.72 bits per heavy atom. The summed E-state index contributed by atoms with van der Waals surface area (Å²) < 4.78 is 5.28. The number of carbonyl (C=O) groups excluding carboxylic acids is 1. The fraction of sp³-hybridized carbons (Fsp3) is 0.300. The Bertz CT molecular complexity index is 1100. The molecule has 0 saturated carbocycles. The number of anilines is 2. The van der Waals surface area contributed by atoms with Crippen LogP contribution >= 0.6 is 12.2 Å². The smallest absolute Gasteiger partial charge is 0.293 e. The third kappa shape index (κ3) is 4.98. The fourth-order valence-corrected chi connectivity index (χ4v) is 3.51. The molecule has 0 radical (unpaired) electrons. The molecule has 2 N–H and O–H groups in total. The van der Waals surface area contributed by atoms with Crippen molar-refractivity contribution in [3.63, 3.8) is 0 Å². The zero-order chi connectivity index (χ0) is 23.4. The van der Waals surface area contributed by atoms with Gasteiger partial charge in [0, 0.05) is 30.8 Å². The fourth-order valence-electron chi connectivity index (χ4n) is 3.31. The lowest BCUT2D eigenvalue weighted by Gasteiger charge is -2.28. The molecule has 0 spiro atoms. The van der Waals surface area contributed by atoms with E-state index < -0.39 is 15.8 Å². The number of ether oxygens (including phenoxy) is 1. The van der Waals surface area contributed by atoms with E-state index in [4.69, 9.17) is 17.0 Å². The van der Waals surface area contributed by atoms with Crippen molar-refractivity contribution in [1.82, 2.24) is 5.32 Å². The van der Waals surface area contributed by atoms with E-state index >= 15 is 0 Å². The molecule has 0 unspecified atom stereocenters. The van der Waals surface area contributed by atoms with Crippen LogP contribution in [0.25, 0.3) is 0 Å². The summed E-state index contributed by atoms with van der Waals surface area (Å²) in [7, 11) is 0. The van der Waals surface area contributed by atoms with Crippen molar-refractivity contribution in [3.8, 4) is 0 Å². The van der Waals surface area contributed by atoms with Gasteiger partial charge in [0.2, 0.25) is 0 Å². The molecule has 0 aliphatic carbocycles. The number of hydrogen-bond donors (Lipinski definition) is 2. The van der Waals surface area contributed by atoms with Gasteiger partial charge in [0.25, 0.3) is 17.3 Å². The molecule has 12 heteroatoms. The Balaban J connectivity index is 1.79. The van der Waals surface area contributed by atoms with Crippen molar-refractivity contribution in [2.24, 2.45) is 0 Å². The van der Waals surface area contributed by atoms with Gasteiger partial charge in [-0.2, -0.15) is 0 Å². The summed E-state index contributed by atoms with van der Waals surface area (Å²) in [5.41, 5.74) is 1.64. The molecule has 1 amide bonds. The van der Waals surface area contributed by atoms with E-state index in [-0.39, 0.29) is 27.7 Å². The SMILES string of the molecule is Cc1ccc([N+](=O)[O-])c(NC(=S)NC(=O)c2ccc(N3CCOCC3)c([N+](=O)[O-])c2)c1C. The molecular weight excluding hydrogens is 438 g/mol. The minimum absolute atomic E-state index is 0.0355. The number of nitro groups is 2. The standard InChI is InChI=1S/C20H21N5O6S/c1-12-3-5-16(24(27)28)18(13(12)2)21-20(32)22-19(26)14-4-6-15(17(11-14)25(29)30)23-7-9-31-10-8-23/h3-6,11H,7-10H2,1-2H3,(H2,21,22,26,32). The summed E-state index contributed by atoms with van der Waals surface area (Å²) in [6.45, 7) is 5.43. The molecular formula is C20H21N5O6S. The average molecular weight is 459 g/mol. The summed E-state index contributed by atoms with van der Waals surface area (Å²) in [5.74, 6) is -0.674. The van der Waals surface area contributed by atoms with Gasteiger partial charge in [0.15, 0.2) is 5.11 Å². The quantitative estimate of drug-likeness (QED) is 0.392. The van der Waals surface area contributed by atoms with Crippen molar-refractivity contribution >= 4 is 46.0 Å². The number of nitrogens with zero attached hydrogens (tertiary/aromatic N) is 3. The van der Waals surface area contributed by atoms with Crippen LogP contribution in [-0.4, -0.2) is 47.2 Å². The van der Waals surface area contributed by atoms with Gasteiger partial charge >= 0.3 is 0 Å². The van der Waals surface area contributed by atoms with Crippen LogP contribution in [0.4, 0.5) is 22.7 Å². The second-order valence-electron chi connectivity index (χ2n) is 7.13. The normalized spacial score (nSPS) is 13.4. The van der Waals surface area contributed by atoms with Crippen LogP contribution in [0.5, 0.6) is 0 Å². The topological polar surface area (TPSA) is 140 Å². The third-order valence-electron chi connectivity index (χ3n) is 5.16. The first kappa shape index (κ1) is 23.0. The summed E-state index contributed by atoms with van der Waals surface area (Å²) in [5, 5.41) is 27.9. The van der Waals surface area contributed by atoms with Crippen LogP contribution in [0.3, 0.4) is 0 Å². The Morgan fingerprint density at radius 1 is 1.06 bits per heavy atom. The first-order chi connectivity index (χ1) is 15.2. The number of nitrogens with one attached hydrogen (secondary N) is 2. The van der Waals surface area contributed by atoms with Gasteiger partial charge in [-0.25, -0.2) is 0 Å². The number of rotatable bonds is 5. The van der Waals surface area contributed by atoms with Gasteiger partial charge in [-0.3, -0.25) is 30.3 Å². The van der Waals surface area contributed by atoms with Gasteiger partial charge in [-0.1, -0.05) is 6.07 Å². The van der Waals surface area contributed by atoms with E-state index in [1.165, 1.54) is 24.3 Å². The molecule has 0 atom stereocenters. The summed E-state index contributed by atoms with van der Waals surface area (Å²) in [6, 6.07) is 7.14. The number of nitro benzene ring substituents is 2. The van der Waals surface area contributed by atoms with Crippen LogP contribution in [0.15, 0.2) is 30.3 Å². The maximum atomic E-state index is 12.6. The van der Waals surface area contributed by atoms with Gasteiger partial charge in [-0.05, 0) is 49.3 Å². The largest absolute Gasteiger partial charge is 0.378 e. The zero-order valence-corrected chi connectivity index (χ0v) is 18.2. The highest BCUT2D eigenvalue weighted by Gasteiger charge is 2.24. The molecule has 2 aromatic carbocycles. The van der Waals surface area contributed by atoms with Crippen molar-refractivity contribution in [2.75, 3.05) is 36.5 Å². The number of benzene rings is 2. The predicted octanol–water partition coefficient (Wildman–Crippen LogP) is 3.08. The van der Waals surface area contributed by atoms with Crippen LogP contribution in [0.1, 0.15) is 21.5 Å². The molecule has 1 saturated heterocycles. The zero-order valence-electron chi connectivity index (χ0n) is 17.4. The lowest BCUT2D eigenvalue weighted by molar-refractivity contribution is -0.384. The van der Waals surface area contributed by atoms with Gasteiger partial charge in [0.1, 0.15) is 11.4 Å². The molecule has 0 bridgehead atoms. The first-order valence-electron chi connectivity index (χ1n) is 9.67. The Labute approximate surface area is 188 Å². The Kier molecular flexibility index (Phi) is 6.95. The van der Waals surface area contributed by atoms with Gasteiger partial charge in [0.05, 0.1) is 23.1 Å². The van der Waals surface area contributed by atoms with Crippen molar-refractivity contribution in [1.29, 1.82) is 0 Å².